The second-order valence-electron chi connectivity index (χ2n) is 6.33. The summed E-state index contributed by atoms with van der Waals surface area (Å²) in [7, 11) is 3.28. The summed E-state index contributed by atoms with van der Waals surface area (Å²) < 4.78 is 10.4. The zero-order valence-corrected chi connectivity index (χ0v) is 15.9. The highest BCUT2D eigenvalue weighted by Crippen LogP contribution is 2.24. The molecule has 0 aliphatic heterocycles. The number of non-ortho nitro benzene ring substituents is 1. The Bertz CT molecular complexity index is 857. The lowest BCUT2D eigenvalue weighted by Crippen LogP contribution is -2.22. The Morgan fingerprint density at radius 3 is 1.54 bits per heavy atom. The van der Waals surface area contributed by atoms with Gasteiger partial charge in [-0.25, -0.2) is 0 Å². The van der Waals surface area contributed by atoms with Crippen LogP contribution in [0.15, 0.2) is 72.8 Å². The Morgan fingerprint density at radius 2 is 1.18 bits per heavy atom. The molecule has 144 valence electrons. The Morgan fingerprint density at radius 1 is 0.750 bits per heavy atom. The number of ether oxygens (including phenoxy) is 2. The van der Waals surface area contributed by atoms with Crippen molar-refractivity contribution in [3.05, 3.63) is 94.0 Å². The summed E-state index contributed by atoms with van der Waals surface area (Å²) in [5, 5.41) is 11.0. The lowest BCUT2D eigenvalue weighted by Gasteiger charge is -2.25. The minimum absolute atomic E-state index is 0.0811. The van der Waals surface area contributed by atoms with Gasteiger partial charge >= 0.3 is 0 Å². The summed E-state index contributed by atoms with van der Waals surface area (Å²) in [5.74, 6) is 1.61. The maximum absolute atomic E-state index is 11.0. The molecule has 0 saturated heterocycles. The molecule has 0 spiro atoms. The summed E-state index contributed by atoms with van der Waals surface area (Å²) in [5.41, 5.74) is 3.23. The Labute approximate surface area is 164 Å². The van der Waals surface area contributed by atoms with Crippen LogP contribution in [-0.2, 0) is 13.1 Å². The molecule has 0 saturated carbocycles. The van der Waals surface area contributed by atoms with Crippen LogP contribution in [0.5, 0.6) is 11.5 Å². The number of nitro groups is 1. The summed E-state index contributed by atoms with van der Waals surface area (Å²) in [4.78, 5) is 12.7. The molecule has 0 radical (unpaired) electrons. The molecule has 0 amide bonds. The van der Waals surface area contributed by atoms with E-state index in [0.717, 1.165) is 28.3 Å². The van der Waals surface area contributed by atoms with Crippen LogP contribution in [-0.4, -0.2) is 19.1 Å². The number of rotatable bonds is 8. The van der Waals surface area contributed by atoms with Crippen molar-refractivity contribution in [2.75, 3.05) is 19.1 Å². The second kappa shape index (κ2) is 8.90. The normalized spacial score (nSPS) is 10.4. The van der Waals surface area contributed by atoms with Crippen LogP contribution >= 0.6 is 0 Å². The molecule has 3 aromatic rings. The first-order chi connectivity index (χ1) is 13.6. The number of nitro benzene ring substituents is 1. The van der Waals surface area contributed by atoms with Crippen LogP contribution < -0.4 is 14.4 Å². The average molecular weight is 378 g/mol. The summed E-state index contributed by atoms with van der Waals surface area (Å²) in [6.45, 7) is 1.32. The standard InChI is InChI=1S/C22H22N2O4/c1-27-21-11-3-17(4-12-21)15-23(16-18-5-13-22(28-2)14-6-18)19-7-9-20(10-8-19)24(25)26/h3-14H,15-16H2,1-2H3. The van der Waals surface area contributed by atoms with Crippen molar-refractivity contribution < 1.29 is 14.4 Å². The summed E-state index contributed by atoms with van der Waals surface area (Å²) >= 11 is 0. The SMILES string of the molecule is COc1ccc(CN(Cc2ccc(OC)cc2)c2ccc([N+](=O)[O-])cc2)cc1. The average Bonchev–Trinajstić information content (AvgIpc) is 2.74. The molecule has 0 heterocycles. The predicted molar refractivity (Wildman–Crippen MR) is 109 cm³/mol. The van der Waals surface area contributed by atoms with Gasteiger partial charge in [0, 0.05) is 30.9 Å². The number of hydrogen-bond acceptors (Lipinski definition) is 5. The zero-order valence-electron chi connectivity index (χ0n) is 15.9. The summed E-state index contributed by atoms with van der Waals surface area (Å²) in [6, 6.07) is 22.4. The van der Waals surface area contributed by atoms with Gasteiger partial charge in [-0.1, -0.05) is 24.3 Å². The molecule has 0 aliphatic carbocycles. The number of anilines is 1. The minimum Gasteiger partial charge on any atom is -0.497 e. The Kier molecular flexibility index (Phi) is 6.11. The van der Waals surface area contributed by atoms with Gasteiger partial charge in [-0.3, -0.25) is 10.1 Å². The van der Waals surface area contributed by atoms with E-state index < -0.39 is 0 Å². The molecular formula is C22H22N2O4. The number of methoxy groups -OCH3 is 2. The molecule has 0 fully saturated rings. The second-order valence-corrected chi connectivity index (χ2v) is 6.33. The first-order valence-electron chi connectivity index (χ1n) is 8.84. The van der Waals surface area contributed by atoms with Crippen molar-refractivity contribution in [2.24, 2.45) is 0 Å². The largest absolute Gasteiger partial charge is 0.497 e. The molecule has 0 bridgehead atoms. The van der Waals surface area contributed by atoms with Gasteiger partial charge in [-0.15, -0.1) is 0 Å². The summed E-state index contributed by atoms with van der Waals surface area (Å²) in [6.07, 6.45) is 0. The topological polar surface area (TPSA) is 64.8 Å². The highest BCUT2D eigenvalue weighted by atomic mass is 16.6. The lowest BCUT2D eigenvalue weighted by atomic mass is 10.1. The van der Waals surface area contributed by atoms with Crippen molar-refractivity contribution in [1.29, 1.82) is 0 Å². The van der Waals surface area contributed by atoms with Crippen LogP contribution in [0.25, 0.3) is 0 Å². The first-order valence-corrected chi connectivity index (χ1v) is 8.84. The third-order valence-electron chi connectivity index (χ3n) is 4.49. The van der Waals surface area contributed by atoms with Gasteiger partial charge in [-0.2, -0.15) is 0 Å². The van der Waals surface area contributed by atoms with E-state index in [9.17, 15) is 10.1 Å². The third kappa shape index (κ3) is 4.79. The first kappa shape index (κ1) is 19.2. The van der Waals surface area contributed by atoms with Crippen LogP contribution in [0.2, 0.25) is 0 Å². The molecular weight excluding hydrogens is 356 g/mol. The van der Waals surface area contributed by atoms with Gasteiger partial charge in [0.05, 0.1) is 19.1 Å². The Balaban J connectivity index is 1.85. The van der Waals surface area contributed by atoms with Gasteiger partial charge in [0.15, 0.2) is 0 Å². The highest BCUT2D eigenvalue weighted by molar-refractivity contribution is 5.52. The van der Waals surface area contributed by atoms with E-state index >= 15 is 0 Å². The van der Waals surface area contributed by atoms with Crippen molar-refractivity contribution in [1.82, 2.24) is 0 Å². The molecule has 0 aliphatic rings. The van der Waals surface area contributed by atoms with E-state index in [1.165, 1.54) is 12.1 Å². The fraction of sp³-hybridized carbons (Fsp3) is 0.182. The number of nitrogens with zero attached hydrogens (tertiary/aromatic N) is 2. The van der Waals surface area contributed by atoms with E-state index in [1.807, 2.05) is 48.5 Å². The van der Waals surface area contributed by atoms with Gasteiger partial charge in [-0.05, 0) is 47.5 Å². The van der Waals surface area contributed by atoms with Crippen molar-refractivity contribution in [2.45, 2.75) is 13.1 Å². The van der Waals surface area contributed by atoms with Gasteiger partial charge in [0.2, 0.25) is 0 Å². The van der Waals surface area contributed by atoms with Crippen LogP contribution in [0, 0.1) is 10.1 Å². The molecule has 28 heavy (non-hydrogen) atoms. The molecule has 6 nitrogen and oxygen atoms in total. The van der Waals surface area contributed by atoms with Gasteiger partial charge in [0.25, 0.3) is 5.69 Å². The van der Waals surface area contributed by atoms with Crippen LogP contribution in [0.4, 0.5) is 11.4 Å². The van der Waals surface area contributed by atoms with Crippen molar-refractivity contribution in [3.63, 3.8) is 0 Å². The Hall–Kier alpha value is -3.54. The lowest BCUT2D eigenvalue weighted by molar-refractivity contribution is -0.384. The van der Waals surface area contributed by atoms with Gasteiger partial charge < -0.3 is 14.4 Å². The molecule has 0 atom stereocenters. The predicted octanol–water partition coefficient (Wildman–Crippen LogP) is 4.82. The monoisotopic (exact) mass is 378 g/mol. The van der Waals surface area contributed by atoms with E-state index in [-0.39, 0.29) is 10.6 Å². The van der Waals surface area contributed by atoms with E-state index in [1.54, 1.807) is 26.4 Å². The molecule has 3 aromatic carbocycles. The number of hydrogen-bond donors (Lipinski definition) is 0. The van der Waals surface area contributed by atoms with Crippen LogP contribution in [0.1, 0.15) is 11.1 Å². The van der Waals surface area contributed by atoms with E-state index in [2.05, 4.69) is 4.90 Å². The van der Waals surface area contributed by atoms with Crippen molar-refractivity contribution in [3.8, 4) is 11.5 Å². The zero-order chi connectivity index (χ0) is 19.9. The molecule has 0 N–H and O–H groups in total. The molecule has 0 aromatic heterocycles. The number of benzene rings is 3. The smallest absolute Gasteiger partial charge is 0.269 e. The van der Waals surface area contributed by atoms with Crippen molar-refractivity contribution >= 4 is 11.4 Å². The third-order valence-corrected chi connectivity index (χ3v) is 4.49. The van der Waals surface area contributed by atoms with E-state index in [4.69, 9.17) is 9.47 Å². The molecule has 0 unspecified atom stereocenters. The van der Waals surface area contributed by atoms with Crippen LogP contribution in [0.3, 0.4) is 0 Å². The maximum Gasteiger partial charge on any atom is 0.269 e. The molecule has 3 rings (SSSR count). The highest BCUT2D eigenvalue weighted by Gasteiger charge is 2.12. The fourth-order valence-electron chi connectivity index (χ4n) is 2.93. The van der Waals surface area contributed by atoms with Gasteiger partial charge in [0.1, 0.15) is 11.5 Å². The maximum atomic E-state index is 11.0. The fourth-order valence-corrected chi connectivity index (χ4v) is 2.93. The molecule has 6 heteroatoms. The van der Waals surface area contributed by atoms with E-state index in [0.29, 0.717) is 13.1 Å². The minimum atomic E-state index is -0.388. The quantitative estimate of drug-likeness (QED) is 0.415.